The number of fused-ring (bicyclic) bond motifs is 1. The molecule has 0 radical (unpaired) electrons. The maximum Gasteiger partial charge on any atom is 0.573 e. The van der Waals surface area contributed by atoms with Gasteiger partial charge in [-0.1, -0.05) is 11.3 Å². The first-order chi connectivity index (χ1) is 11.8. The number of aryl methyl sites for hydroxylation is 1. The monoisotopic (exact) mass is 424 g/mol. The number of alkyl halides is 3. The molecule has 1 aromatic heterocycles. The van der Waals surface area contributed by atoms with Crippen LogP contribution in [0, 0.1) is 11.2 Å². The van der Waals surface area contributed by atoms with Gasteiger partial charge in [-0.25, -0.2) is 4.39 Å². The average molecular weight is 425 g/mol. The van der Waals surface area contributed by atoms with Crippen molar-refractivity contribution in [2.24, 2.45) is 0 Å². The lowest BCUT2D eigenvalue weighted by atomic mass is 10.3. The van der Waals surface area contributed by atoms with Gasteiger partial charge in [0.15, 0.2) is 4.80 Å². The van der Waals surface area contributed by atoms with Crippen LogP contribution in [0.1, 0.15) is 0 Å². The lowest BCUT2D eigenvalue weighted by Gasteiger charge is -2.09. The molecule has 3 rings (SSSR count). The highest BCUT2D eigenvalue weighted by molar-refractivity contribution is 7.99. The van der Waals surface area contributed by atoms with Gasteiger partial charge in [-0.05, 0) is 42.5 Å². The third kappa shape index (κ3) is 5.15. The SMILES string of the molecule is Cl.N=c1sc2cc(OC(F)(F)F)ccc2n1CCSc1ccc(F)cc1. The van der Waals surface area contributed by atoms with Crippen LogP contribution in [0.15, 0.2) is 47.4 Å². The molecule has 10 heteroatoms. The Morgan fingerprint density at radius 1 is 1.12 bits per heavy atom. The predicted molar refractivity (Wildman–Crippen MR) is 96.7 cm³/mol. The number of benzene rings is 2. The number of rotatable bonds is 5. The molecular formula is C16H13ClF4N2OS2. The number of hydrogen-bond donors (Lipinski definition) is 1. The van der Waals surface area contributed by atoms with E-state index in [0.717, 1.165) is 16.2 Å². The summed E-state index contributed by atoms with van der Waals surface area (Å²) >= 11 is 2.61. The molecule has 3 nitrogen and oxygen atoms in total. The van der Waals surface area contributed by atoms with Crippen LogP contribution in [0.25, 0.3) is 10.2 Å². The Kier molecular flexibility index (Phi) is 6.59. The van der Waals surface area contributed by atoms with Gasteiger partial charge in [0, 0.05) is 17.2 Å². The smallest absolute Gasteiger partial charge is 0.406 e. The fraction of sp³-hybridized carbons (Fsp3) is 0.188. The standard InChI is InChI=1S/C16H12F4N2OS2.ClH/c17-10-1-4-12(5-2-10)24-8-7-22-13-6-3-11(23-16(18,19)20)9-14(13)25-15(22)21;/h1-6,9,21H,7-8H2;1H. The molecule has 0 atom stereocenters. The maximum absolute atomic E-state index is 12.9. The van der Waals surface area contributed by atoms with Crippen molar-refractivity contribution in [3.8, 4) is 5.75 Å². The van der Waals surface area contributed by atoms with E-state index in [0.29, 0.717) is 22.5 Å². The Balaban J connectivity index is 0.00000243. The largest absolute Gasteiger partial charge is 0.573 e. The summed E-state index contributed by atoms with van der Waals surface area (Å²) in [5.41, 5.74) is 0.684. The second-order valence-electron chi connectivity index (χ2n) is 5.04. The third-order valence-electron chi connectivity index (χ3n) is 3.30. The second-order valence-corrected chi connectivity index (χ2v) is 7.24. The van der Waals surface area contributed by atoms with E-state index in [1.54, 1.807) is 16.7 Å². The van der Waals surface area contributed by atoms with Crippen LogP contribution < -0.4 is 9.54 Å². The minimum Gasteiger partial charge on any atom is -0.406 e. The van der Waals surface area contributed by atoms with E-state index >= 15 is 0 Å². The number of ether oxygens (including phenoxy) is 1. The van der Waals surface area contributed by atoms with Gasteiger partial charge in [-0.3, -0.25) is 5.41 Å². The molecule has 1 heterocycles. The van der Waals surface area contributed by atoms with Crippen molar-refractivity contribution in [2.75, 3.05) is 5.75 Å². The maximum atomic E-state index is 12.9. The number of thioether (sulfide) groups is 1. The molecule has 0 amide bonds. The lowest BCUT2D eigenvalue weighted by molar-refractivity contribution is -0.274. The molecule has 0 unspecified atom stereocenters. The van der Waals surface area contributed by atoms with Gasteiger partial charge in [0.2, 0.25) is 0 Å². The minimum atomic E-state index is -4.74. The summed E-state index contributed by atoms with van der Waals surface area (Å²) in [6, 6.07) is 10.2. The zero-order valence-corrected chi connectivity index (χ0v) is 15.5. The van der Waals surface area contributed by atoms with Crippen molar-refractivity contribution in [1.29, 1.82) is 5.41 Å². The molecule has 0 aliphatic heterocycles. The van der Waals surface area contributed by atoms with Crippen molar-refractivity contribution in [1.82, 2.24) is 4.57 Å². The van der Waals surface area contributed by atoms with E-state index in [1.807, 2.05) is 0 Å². The fourth-order valence-corrected chi connectivity index (χ4v) is 4.08. The molecule has 0 fully saturated rings. The first kappa shape index (κ1) is 20.6. The van der Waals surface area contributed by atoms with Crippen LogP contribution in [0.2, 0.25) is 0 Å². The zero-order valence-electron chi connectivity index (χ0n) is 13.0. The summed E-state index contributed by atoms with van der Waals surface area (Å²) in [5.74, 6) is 0.0522. The van der Waals surface area contributed by atoms with Gasteiger partial charge < -0.3 is 9.30 Å². The van der Waals surface area contributed by atoms with Crippen molar-refractivity contribution in [3.05, 3.63) is 53.1 Å². The van der Waals surface area contributed by atoms with Crippen LogP contribution in [-0.2, 0) is 6.54 Å². The van der Waals surface area contributed by atoms with Crippen LogP contribution in [0.3, 0.4) is 0 Å². The van der Waals surface area contributed by atoms with Gasteiger partial charge in [0.1, 0.15) is 11.6 Å². The third-order valence-corrected chi connectivity index (χ3v) is 5.26. The molecule has 0 spiro atoms. The highest BCUT2D eigenvalue weighted by atomic mass is 35.5. The van der Waals surface area contributed by atoms with E-state index in [1.165, 1.54) is 42.1 Å². The fourth-order valence-electron chi connectivity index (χ4n) is 2.27. The molecule has 0 saturated heterocycles. The predicted octanol–water partition coefficient (Wildman–Crippen LogP) is 5.43. The van der Waals surface area contributed by atoms with Gasteiger partial charge in [-0.2, -0.15) is 0 Å². The molecular weight excluding hydrogens is 412 g/mol. The lowest BCUT2D eigenvalue weighted by Crippen LogP contribution is -2.17. The summed E-state index contributed by atoms with van der Waals surface area (Å²) < 4.78 is 55.9. The Morgan fingerprint density at radius 3 is 2.46 bits per heavy atom. The number of aromatic nitrogens is 1. The molecule has 0 saturated carbocycles. The van der Waals surface area contributed by atoms with Gasteiger partial charge >= 0.3 is 6.36 Å². The summed E-state index contributed by atoms with van der Waals surface area (Å²) in [6.45, 7) is 0.514. The van der Waals surface area contributed by atoms with E-state index in [-0.39, 0.29) is 28.8 Å². The van der Waals surface area contributed by atoms with Crippen LogP contribution in [-0.4, -0.2) is 16.7 Å². The molecule has 26 heavy (non-hydrogen) atoms. The van der Waals surface area contributed by atoms with Gasteiger partial charge in [0.05, 0.1) is 10.2 Å². The first-order valence-corrected chi connectivity index (χ1v) is 8.94. The Hall–Kier alpha value is -1.71. The second kappa shape index (κ2) is 8.32. The molecule has 1 N–H and O–H groups in total. The number of nitrogens with one attached hydrogen (secondary N) is 1. The number of thiazole rings is 1. The first-order valence-electron chi connectivity index (χ1n) is 7.14. The van der Waals surface area contributed by atoms with Crippen molar-refractivity contribution < 1.29 is 22.3 Å². The van der Waals surface area contributed by atoms with Gasteiger partial charge in [-0.15, -0.1) is 37.3 Å². The number of halogens is 5. The number of nitrogens with zero attached hydrogens (tertiary/aromatic N) is 1. The Labute approximate surface area is 160 Å². The highest BCUT2D eigenvalue weighted by Crippen LogP contribution is 2.28. The van der Waals surface area contributed by atoms with Gasteiger partial charge in [0.25, 0.3) is 0 Å². The summed E-state index contributed by atoms with van der Waals surface area (Å²) in [4.78, 5) is 1.16. The van der Waals surface area contributed by atoms with Crippen LogP contribution >= 0.6 is 35.5 Å². The summed E-state index contributed by atoms with van der Waals surface area (Å²) in [5, 5.41) is 8.02. The molecule has 0 aliphatic carbocycles. The Bertz CT molecular complexity index is 938. The Morgan fingerprint density at radius 2 is 1.81 bits per heavy atom. The van der Waals surface area contributed by atoms with Crippen LogP contribution in [0.4, 0.5) is 17.6 Å². The molecule has 0 bridgehead atoms. The molecule has 140 valence electrons. The topological polar surface area (TPSA) is 38.0 Å². The zero-order chi connectivity index (χ0) is 18.0. The van der Waals surface area contributed by atoms with E-state index in [2.05, 4.69) is 4.74 Å². The molecule has 3 aromatic rings. The van der Waals surface area contributed by atoms with Crippen molar-refractivity contribution in [2.45, 2.75) is 17.8 Å². The van der Waals surface area contributed by atoms with Crippen molar-refractivity contribution in [3.63, 3.8) is 0 Å². The van der Waals surface area contributed by atoms with Crippen molar-refractivity contribution >= 4 is 45.7 Å². The average Bonchev–Trinajstić information content (AvgIpc) is 2.83. The summed E-state index contributed by atoms with van der Waals surface area (Å²) in [6.07, 6.45) is -4.74. The molecule has 0 aliphatic rings. The van der Waals surface area contributed by atoms with Crippen LogP contribution in [0.5, 0.6) is 5.75 Å². The minimum absolute atomic E-state index is 0. The normalized spacial score (nSPS) is 11.4. The quantitative estimate of drug-likeness (QED) is 0.438. The molecule has 2 aromatic carbocycles. The number of hydrogen-bond acceptors (Lipinski definition) is 4. The van der Waals surface area contributed by atoms with E-state index in [4.69, 9.17) is 5.41 Å². The van der Waals surface area contributed by atoms with E-state index in [9.17, 15) is 17.6 Å². The van der Waals surface area contributed by atoms with E-state index < -0.39 is 6.36 Å². The summed E-state index contributed by atoms with van der Waals surface area (Å²) in [7, 11) is 0. The highest BCUT2D eigenvalue weighted by Gasteiger charge is 2.31.